The number of hydrogen-bond donors (Lipinski definition) is 1. The standard InChI is InChI=1S/C16H19NO2/c18-16-8-9-17(12-14-7-4-10-19-14)15(16)11-13-5-2-1-3-6-13/h1-7,10,15-16,18H,8-9,11-12H2/t15-,16-/m1/s1. The normalized spacial score (nSPS) is 23.8. The van der Waals surface area contributed by atoms with Crippen LogP contribution in [-0.2, 0) is 13.0 Å². The van der Waals surface area contributed by atoms with E-state index in [4.69, 9.17) is 4.42 Å². The quantitative estimate of drug-likeness (QED) is 0.914. The van der Waals surface area contributed by atoms with Crippen LogP contribution in [0.2, 0.25) is 0 Å². The van der Waals surface area contributed by atoms with Gasteiger partial charge in [0.25, 0.3) is 0 Å². The highest BCUT2D eigenvalue weighted by molar-refractivity contribution is 5.17. The fourth-order valence-electron chi connectivity index (χ4n) is 2.82. The highest BCUT2D eigenvalue weighted by atomic mass is 16.3. The molecule has 19 heavy (non-hydrogen) atoms. The van der Waals surface area contributed by atoms with E-state index in [0.29, 0.717) is 0 Å². The third-order valence-electron chi connectivity index (χ3n) is 3.85. The van der Waals surface area contributed by atoms with Gasteiger partial charge in [0.15, 0.2) is 0 Å². The second-order valence-corrected chi connectivity index (χ2v) is 5.16. The number of furan rings is 1. The number of aliphatic hydroxyl groups excluding tert-OH is 1. The molecule has 0 spiro atoms. The Morgan fingerprint density at radius 2 is 2.00 bits per heavy atom. The molecule has 0 radical (unpaired) electrons. The Labute approximate surface area is 113 Å². The molecule has 2 aromatic rings. The van der Waals surface area contributed by atoms with Crippen LogP contribution in [0, 0.1) is 0 Å². The van der Waals surface area contributed by atoms with Gasteiger partial charge in [-0.25, -0.2) is 0 Å². The van der Waals surface area contributed by atoms with Gasteiger partial charge >= 0.3 is 0 Å². The second kappa shape index (κ2) is 5.59. The molecule has 1 saturated heterocycles. The van der Waals surface area contributed by atoms with E-state index in [9.17, 15) is 5.11 Å². The predicted octanol–water partition coefficient (Wildman–Crippen LogP) is 2.46. The highest BCUT2D eigenvalue weighted by Gasteiger charge is 2.32. The van der Waals surface area contributed by atoms with Crippen LogP contribution in [0.1, 0.15) is 17.7 Å². The first kappa shape index (κ1) is 12.5. The molecule has 2 atom stereocenters. The summed E-state index contributed by atoms with van der Waals surface area (Å²) in [7, 11) is 0. The van der Waals surface area contributed by atoms with Gasteiger partial charge in [-0.1, -0.05) is 30.3 Å². The van der Waals surface area contributed by atoms with E-state index < -0.39 is 0 Å². The van der Waals surface area contributed by atoms with E-state index in [1.807, 2.05) is 30.3 Å². The second-order valence-electron chi connectivity index (χ2n) is 5.16. The van der Waals surface area contributed by atoms with Crippen molar-refractivity contribution in [1.29, 1.82) is 0 Å². The summed E-state index contributed by atoms with van der Waals surface area (Å²) in [6.07, 6.45) is 3.20. The summed E-state index contributed by atoms with van der Waals surface area (Å²) in [5.74, 6) is 0.965. The molecule has 1 aromatic carbocycles. The van der Waals surface area contributed by atoms with Gasteiger partial charge in [-0.05, 0) is 30.5 Å². The van der Waals surface area contributed by atoms with Crippen LogP contribution in [-0.4, -0.2) is 28.7 Å². The Kier molecular flexibility index (Phi) is 3.67. The summed E-state index contributed by atoms with van der Waals surface area (Å²) in [5.41, 5.74) is 1.28. The van der Waals surface area contributed by atoms with Crippen LogP contribution in [0.4, 0.5) is 0 Å². The zero-order valence-electron chi connectivity index (χ0n) is 10.9. The maximum Gasteiger partial charge on any atom is 0.117 e. The zero-order valence-corrected chi connectivity index (χ0v) is 10.9. The van der Waals surface area contributed by atoms with Crippen LogP contribution < -0.4 is 0 Å². The van der Waals surface area contributed by atoms with Crippen molar-refractivity contribution in [2.75, 3.05) is 6.54 Å². The van der Waals surface area contributed by atoms with Gasteiger partial charge < -0.3 is 9.52 Å². The minimum absolute atomic E-state index is 0.187. The molecule has 100 valence electrons. The first-order chi connectivity index (χ1) is 9.33. The van der Waals surface area contributed by atoms with E-state index in [1.54, 1.807) is 6.26 Å². The molecule has 1 N–H and O–H groups in total. The molecule has 1 aromatic heterocycles. The van der Waals surface area contributed by atoms with Crippen molar-refractivity contribution in [2.45, 2.75) is 31.5 Å². The summed E-state index contributed by atoms with van der Waals surface area (Å²) < 4.78 is 5.41. The number of likely N-dealkylation sites (tertiary alicyclic amines) is 1. The number of aliphatic hydroxyl groups is 1. The van der Waals surface area contributed by atoms with E-state index in [2.05, 4.69) is 17.0 Å². The summed E-state index contributed by atoms with van der Waals surface area (Å²) >= 11 is 0. The largest absolute Gasteiger partial charge is 0.468 e. The smallest absolute Gasteiger partial charge is 0.117 e. The van der Waals surface area contributed by atoms with E-state index >= 15 is 0 Å². The monoisotopic (exact) mass is 257 g/mol. The van der Waals surface area contributed by atoms with Crippen LogP contribution in [0.3, 0.4) is 0 Å². The lowest BCUT2D eigenvalue weighted by Crippen LogP contribution is -2.36. The third kappa shape index (κ3) is 2.88. The number of hydrogen-bond acceptors (Lipinski definition) is 3. The van der Waals surface area contributed by atoms with Crippen molar-refractivity contribution in [3.63, 3.8) is 0 Å². The lowest BCUT2D eigenvalue weighted by atomic mass is 10.0. The molecule has 0 bridgehead atoms. The Bertz CT molecular complexity index is 495. The maximum absolute atomic E-state index is 10.2. The first-order valence-corrected chi connectivity index (χ1v) is 6.81. The minimum atomic E-state index is -0.241. The maximum atomic E-state index is 10.2. The zero-order chi connectivity index (χ0) is 13.1. The molecule has 2 heterocycles. The summed E-state index contributed by atoms with van der Waals surface area (Å²) in [6.45, 7) is 1.71. The molecule has 1 aliphatic heterocycles. The molecular weight excluding hydrogens is 238 g/mol. The lowest BCUT2D eigenvalue weighted by molar-refractivity contribution is 0.109. The number of benzene rings is 1. The molecule has 3 rings (SSSR count). The first-order valence-electron chi connectivity index (χ1n) is 6.81. The van der Waals surface area contributed by atoms with Crippen molar-refractivity contribution in [3.8, 4) is 0 Å². The number of nitrogens with zero attached hydrogens (tertiary/aromatic N) is 1. The van der Waals surface area contributed by atoms with Crippen molar-refractivity contribution < 1.29 is 9.52 Å². The van der Waals surface area contributed by atoms with Gasteiger partial charge in [0.1, 0.15) is 5.76 Å². The van der Waals surface area contributed by atoms with Crippen molar-refractivity contribution in [1.82, 2.24) is 4.90 Å². The molecule has 0 amide bonds. The van der Waals surface area contributed by atoms with Crippen molar-refractivity contribution in [3.05, 3.63) is 60.1 Å². The predicted molar refractivity (Wildman–Crippen MR) is 73.7 cm³/mol. The van der Waals surface area contributed by atoms with E-state index in [1.165, 1.54) is 5.56 Å². The van der Waals surface area contributed by atoms with Crippen LogP contribution in [0.15, 0.2) is 53.1 Å². The fraction of sp³-hybridized carbons (Fsp3) is 0.375. The summed E-state index contributed by atoms with van der Waals surface area (Å²) in [6, 6.07) is 14.5. The molecule has 1 aliphatic rings. The SMILES string of the molecule is O[C@@H]1CCN(Cc2ccco2)[C@@H]1Cc1ccccc1. The summed E-state index contributed by atoms with van der Waals surface area (Å²) in [5, 5.41) is 10.2. The lowest BCUT2D eigenvalue weighted by Gasteiger charge is -2.25. The Morgan fingerprint density at radius 3 is 2.74 bits per heavy atom. The molecule has 1 fully saturated rings. The summed E-state index contributed by atoms with van der Waals surface area (Å²) in [4.78, 5) is 2.32. The van der Waals surface area contributed by atoms with Gasteiger partial charge in [-0.15, -0.1) is 0 Å². The Morgan fingerprint density at radius 1 is 1.16 bits per heavy atom. The van der Waals surface area contributed by atoms with Gasteiger partial charge in [-0.3, -0.25) is 4.90 Å². The molecule has 3 heteroatoms. The highest BCUT2D eigenvalue weighted by Crippen LogP contribution is 2.24. The Hall–Kier alpha value is -1.58. The van der Waals surface area contributed by atoms with Gasteiger partial charge in [0.05, 0.1) is 18.9 Å². The van der Waals surface area contributed by atoms with Gasteiger partial charge in [-0.2, -0.15) is 0 Å². The van der Waals surface area contributed by atoms with Crippen LogP contribution in [0.5, 0.6) is 0 Å². The van der Waals surface area contributed by atoms with E-state index in [-0.39, 0.29) is 12.1 Å². The van der Waals surface area contributed by atoms with Gasteiger partial charge in [0.2, 0.25) is 0 Å². The molecule has 0 aliphatic carbocycles. The molecular formula is C16H19NO2. The Balaban J connectivity index is 1.70. The molecule has 0 saturated carbocycles. The topological polar surface area (TPSA) is 36.6 Å². The average molecular weight is 257 g/mol. The van der Waals surface area contributed by atoms with Crippen molar-refractivity contribution >= 4 is 0 Å². The fourth-order valence-corrected chi connectivity index (χ4v) is 2.82. The molecule has 3 nitrogen and oxygen atoms in total. The van der Waals surface area contributed by atoms with Crippen LogP contribution >= 0.6 is 0 Å². The van der Waals surface area contributed by atoms with E-state index in [0.717, 1.165) is 31.7 Å². The van der Waals surface area contributed by atoms with Gasteiger partial charge in [0, 0.05) is 12.6 Å². The average Bonchev–Trinajstić information content (AvgIpc) is 3.05. The third-order valence-corrected chi connectivity index (χ3v) is 3.85. The van der Waals surface area contributed by atoms with Crippen molar-refractivity contribution in [2.24, 2.45) is 0 Å². The molecule has 0 unspecified atom stereocenters. The number of rotatable bonds is 4. The minimum Gasteiger partial charge on any atom is -0.468 e. The van der Waals surface area contributed by atoms with Crippen LogP contribution in [0.25, 0.3) is 0 Å².